The van der Waals surface area contributed by atoms with Gasteiger partial charge in [0.1, 0.15) is 23.1 Å². The number of halogens is 2. The van der Waals surface area contributed by atoms with E-state index >= 15 is 0 Å². The van der Waals surface area contributed by atoms with E-state index in [0.717, 1.165) is 0 Å². The second kappa shape index (κ2) is 8.69. The number of nitrogens with one attached hydrogen (secondary N) is 2. The highest BCUT2D eigenvalue weighted by atomic mass is 19.1. The van der Waals surface area contributed by atoms with Crippen molar-refractivity contribution >= 4 is 17.4 Å². The number of carbonyl (C=O) groups excluding carboxylic acids is 1. The normalized spacial score (nSPS) is 10.9. The van der Waals surface area contributed by atoms with Gasteiger partial charge in [-0.05, 0) is 29.8 Å². The lowest BCUT2D eigenvalue weighted by atomic mass is 10.1. The van der Waals surface area contributed by atoms with E-state index in [9.17, 15) is 13.6 Å². The molecule has 0 aliphatic rings. The molecule has 2 heterocycles. The zero-order valence-electron chi connectivity index (χ0n) is 16.0. The van der Waals surface area contributed by atoms with E-state index in [-0.39, 0.29) is 30.5 Å². The second-order valence-corrected chi connectivity index (χ2v) is 6.71. The monoisotopic (exact) mass is 407 g/mol. The molecule has 1 amide bonds. The summed E-state index contributed by atoms with van der Waals surface area (Å²) < 4.78 is 28.7. The van der Waals surface area contributed by atoms with Crippen molar-refractivity contribution in [1.82, 2.24) is 19.7 Å². The van der Waals surface area contributed by atoms with Crippen LogP contribution in [-0.2, 0) is 11.3 Å². The van der Waals surface area contributed by atoms with Crippen LogP contribution >= 0.6 is 0 Å². The first-order chi connectivity index (χ1) is 14.6. The summed E-state index contributed by atoms with van der Waals surface area (Å²) in [4.78, 5) is 20.8. The maximum absolute atomic E-state index is 13.7. The molecule has 0 aliphatic heterocycles. The molecule has 0 spiro atoms. The fraction of sp³-hybridized carbons (Fsp3) is 0.136. The first-order valence-corrected chi connectivity index (χ1v) is 9.43. The Morgan fingerprint density at radius 1 is 1.07 bits per heavy atom. The molecule has 2 aromatic carbocycles. The molecule has 0 saturated carbocycles. The van der Waals surface area contributed by atoms with Gasteiger partial charge in [0.05, 0.1) is 6.20 Å². The molecular formula is C22H19F2N5O. The lowest BCUT2D eigenvalue weighted by Crippen LogP contribution is -2.25. The van der Waals surface area contributed by atoms with Gasteiger partial charge in [-0.15, -0.1) is 0 Å². The van der Waals surface area contributed by atoms with E-state index in [1.807, 2.05) is 0 Å². The average molecular weight is 407 g/mol. The molecule has 4 rings (SSSR count). The van der Waals surface area contributed by atoms with Gasteiger partial charge in [0, 0.05) is 37.5 Å². The Kier molecular flexibility index (Phi) is 5.65. The summed E-state index contributed by atoms with van der Waals surface area (Å²) in [6, 6.07) is 12.3. The molecule has 0 bridgehead atoms. The van der Waals surface area contributed by atoms with Crippen LogP contribution < -0.4 is 10.6 Å². The fourth-order valence-electron chi connectivity index (χ4n) is 3.14. The molecule has 4 aromatic rings. The summed E-state index contributed by atoms with van der Waals surface area (Å²) in [5.74, 6) is -0.216. The quantitative estimate of drug-likeness (QED) is 0.489. The number of nitrogens with zero attached hydrogens (tertiary/aromatic N) is 3. The third-order valence-electron chi connectivity index (χ3n) is 4.55. The lowest BCUT2D eigenvalue weighted by molar-refractivity contribution is -0.121. The van der Waals surface area contributed by atoms with Crippen LogP contribution in [0.3, 0.4) is 0 Å². The third kappa shape index (κ3) is 4.43. The zero-order chi connectivity index (χ0) is 20.9. The molecule has 30 heavy (non-hydrogen) atoms. The van der Waals surface area contributed by atoms with Crippen molar-refractivity contribution in [2.75, 3.05) is 11.9 Å². The molecule has 2 N–H and O–H groups in total. The average Bonchev–Trinajstić information content (AvgIpc) is 3.11. The molecule has 8 heteroatoms. The summed E-state index contributed by atoms with van der Waals surface area (Å²) in [7, 11) is 0. The molecule has 152 valence electrons. The van der Waals surface area contributed by atoms with Crippen molar-refractivity contribution in [2.24, 2.45) is 0 Å². The van der Waals surface area contributed by atoms with Crippen LogP contribution in [0.5, 0.6) is 0 Å². The molecule has 0 saturated heterocycles. The Morgan fingerprint density at radius 3 is 2.67 bits per heavy atom. The smallest absolute Gasteiger partial charge is 0.222 e. The predicted octanol–water partition coefficient (Wildman–Crippen LogP) is 3.79. The van der Waals surface area contributed by atoms with E-state index in [0.29, 0.717) is 34.8 Å². The number of hydrogen-bond acceptors (Lipinski definition) is 4. The number of anilines is 1. The molecule has 0 fully saturated rings. The summed E-state index contributed by atoms with van der Waals surface area (Å²) in [5.41, 5.74) is 2.49. The maximum atomic E-state index is 13.7. The minimum absolute atomic E-state index is 0.172. The van der Waals surface area contributed by atoms with Crippen LogP contribution in [0, 0.1) is 11.6 Å². The number of hydrogen-bond donors (Lipinski definition) is 2. The molecule has 0 radical (unpaired) electrons. The standard InChI is InChI=1S/C22H19F2N5O/c23-17-5-1-3-15(11-17)13-27-20(30)7-8-26-22-21(16-4-2-6-18(24)12-16)28-19-14-25-9-10-29(19)22/h1-6,9-12,14,26H,7-8,13H2,(H,27,30). The number of rotatable bonds is 7. The first-order valence-electron chi connectivity index (χ1n) is 9.43. The van der Waals surface area contributed by atoms with Gasteiger partial charge in [-0.1, -0.05) is 24.3 Å². The highest BCUT2D eigenvalue weighted by Gasteiger charge is 2.15. The number of carbonyl (C=O) groups is 1. The lowest BCUT2D eigenvalue weighted by Gasteiger charge is -2.10. The molecule has 2 aromatic heterocycles. The Labute approximate surface area is 171 Å². The van der Waals surface area contributed by atoms with E-state index in [2.05, 4.69) is 20.6 Å². The van der Waals surface area contributed by atoms with E-state index in [4.69, 9.17) is 0 Å². The van der Waals surface area contributed by atoms with Gasteiger partial charge in [0.2, 0.25) is 5.91 Å². The third-order valence-corrected chi connectivity index (χ3v) is 4.55. The van der Waals surface area contributed by atoms with Crippen molar-refractivity contribution in [2.45, 2.75) is 13.0 Å². The maximum Gasteiger partial charge on any atom is 0.222 e. The Bertz CT molecular complexity index is 1190. The summed E-state index contributed by atoms with van der Waals surface area (Å²) in [5, 5.41) is 5.99. The molecule has 0 atom stereocenters. The second-order valence-electron chi connectivity index (χ2n) is 6.71. The van der Waals surface area contributed by atoms with Crippen LogP contribution in [0.15, 0.2) is 67.1 Å². The van der Waals surface area contributed by atoms with Gasteiger partial charge in [0.15, 0.2) is 5.65 Å². The summed E-state index contributed by atoms with van der Waals surface area (Å²) in [6.07, 6.45) is 5.19. The van der Waals surface area contributed by atoms with Gasteiger partial charge in [-0.3, -0.25) is 14.2 Å². The van der Waals surface area contributed by atoms with Crippen LogP contribution in [0.1, 0.15) is 12.0 Å². The van der Waals surface area contributed by atoms with Gasteiger partial charge in [-0.25, -0.2) is 13.8 Å². The number of amides is 1. The van der Waals surface area contributed by atoms with Crippen LogP contribution in [-0.4, -0.2) is 26.8 Å². The molecule has 0 unspecified atom stereocenters. The number of fused-ring (bicyclic) bond motifs is 1. The Morgan fingerprint density at radius 2 is 1.87 bits per heavy atom. The predicted molar refractivity (Wildman–Crippen MR) is 110 cm³/mol. The molecule has 0 aliphatic carbocycles. The molecular weight excluding hydrogens is 388 g/mol. The SMILES string of the molecule is O=C(CCNc1c(-c2cccc(F)c2)nc2cnccn12)NCc1cccc(F)c1. The van der Waals surface area contributed by atoms with Gasteiger partial charge >= 0.3 is 0 Å². The van der Waals surface area contributed by atoms with Crippen molar-refractivity contribution < 1.29 is 13.6 Å². The van der Waals surface area contributed by atoms with Gasteiger partial charge < -0.3 is 10.6 Å². The van der Waals surface area contributed by atoms with E-state index in [1.165, 1.54) is 24.3 Å². The highest BCUT2D eigenvalue weighted by Crippen LogP contribution is 2.28. The van der Waals surface area contributed by atoms with E-state index < -0.39 is 0 Å². The number of benzene rings is 2. The Hall–Kier alpha value is -3.81. The largest absolute Gasteiger partial charge is 0.369 e. The van der Waals surface area contributed by atoms with Crippen molar-refractivity contribution in [3.8, 4) is 11.3 Å². The van der Waals surface area contributed by atoms with Gasteiger partial charge in [0.25, 0.3) is 0 Å². The highest BCUT2D eigenvalue weighted by molar-refractivity contribution is 5.78. The minimum atomic E-state index is -0.356. The fourth-order valence-corrected chi connectivity index (χ4v) is 3.14. The number of aromatic nitrogens is 3. The molecule has 6 nitrogen and oxygen atoms in total. The first kappa shape index (κ1) is 19.5. The summed E-state index contributed by atoms with van der Waals surface area (Å²) >= 11 is 0. The number of imidazole rings is 1. The van der Waals surface area contributed by atoms with E-state index in [1.54, 1.807) is 47.3 Å². The van der Waals surface area contributed by atoms with Crippen molar-refractivity contribution in [1.29, 1.82) is 0 Å². The summed E-state index contributed by atoms with van der Waals surface area (Å²) in [6.45, 7) is 0.597. The topological polar surface area (TPSA) is 71.3 Å². The minimum Gasteiger partial charge on any atom is -0.369 e. The van der Waals surface area contributed by atoms with Gasteiger partial charge in [-0.2, -0.15) is 0 Å². The van der Waals surface area contributed by atoms with Crippen LogP contribution in [0.4, 0.5) is 14.6 Å². The van der Waals surface area contributed by atoms with Crippen LogP contribution in [0.25, 0.3) is 16.9 Å². The van der Waals surface area contributed by atoms with Crippen molar-refractivity contribution in [3.63, 3.8) is 0 Å². The van der Waals surface area contributed by atoms with Crippen LogP contribution in [0.2, 0.25) is 0 Å². The zero-order valence-corrected chi connectivity index (χ0v) is 16.0. The Balaban J connectivity index is 1.44. The van der Waals surface area contributed by atoms with Crippen molar-refractivity contribution in [3.05, 3.63) is 84.3 Å².